The number of nitrogens with two attached hydrogens (primary N) is 1. The number of ether oxygens (including phenoxy) is 1. The Balaban J connectivity index is 0.000000397. The Morgan fingerprint density at radius 1 is 0.786 bits per heavy atom. The number of hydrogen-bond acceptors (Lipinski definition) is 4. The fourth-order valence-corrected chi connectivity index (χ4v) is 2.07. The summed E-state index contributed by atoms with van der Waals surface area (Å²) in [5.41, 5.74) is 5.83. The Morgan fingerprint density at radius 2 is 1.25 bits per heavy atom. The highest BCUT2D eigenvalue weighted by Gasteiger charge is 2.31. The number of amides is 1. The number of carbonyl (C=O) groups excluding carboxylic acids is 2. The minimum Gasteiger partial charge on any atom is -0.406 e. The molecule has 0 saturated carbocycles. The Labute approximate surface area is 158 Å². The average Bonchev–Trinajstić information content (AvgIpc) is 2.69. The summed E-state index contributed by atoms with van der Waals surface area (Å²) in [5.74, 6) is -1.42. The largest absolute Gasteiger partial charge is 0.573 e. The number of ketones is 1. The van der Waals surface area contributed by atoms with Crippen LogP contribution in [-0.4, -0.2) is 23.0 Å². The van der Waals surface area contributed by atoms with Crippen LogP contribution in [-0.2, 0) is 0 Å². The maximum absolute atomic E-state index is 12.1. The first kappa shape index (κ1) is 20.6. The van der Waals surface area contributed by atoms with E-state index in [0.717, 1.165) is 12.1 Å². The predicted molar refractivity (Wildman–Crippen MR) is 95.8 cm³/mol. The van der Waals surface area contributed by atoms with Crippen molar-refractivity contribution in [3.05, 3.63) is 95.8 Å². The van der Waals surface area contributed by atoms with E-state index >= 15 is 0 Å². The zero-order chi connectivity index (χ0) is 20.6. The van der Waals surface area contributed by atoms with Crippen molar-refractivity contribution in [2.75, 3.05) is 0 Å². The van der Waals surface area contributed by atoms with E-state index in [2.05, 4.69) is 9.72 Å². The molecule has 2 N–H and O–H groups in total. The second-order valence-electron chi connectivity index (χ2n) is 5.37. The van der Waals surface area contributed by atoms with Gasteiger partial charge in [0, 0.05) is 29.1 Å². The standard InChI is InChI=1S/C15H10F3NO3.C5H5N/c16-15(17,18)22-12-7-5-10(6-8-12)13(20)9-1-3-11(4-2-9)14(19)21;1-2-4-6-5-3-1/h1-8H,(H2,19,21);1-5H. The van der Waals surface area contributed by atoms with Crippen LogP contribution in [0.2, 0.25) is 0 Å². The van der Waals surface area contributed by atoms with Crippen LogP contribution in [0, 0.1) is 0 Å². The molecule has 1 amide bonds. The zero-order valence-corrected chi connectivity index (χ0v) is 14.4. The van der Waals surface area contributed by atoms with Gasteiger partial charge in [-0.3, -0.25) is 14.6 Å². The van der Waals surface area contributed by atoms with E-state index < -0.39 is 23.8 Å². The molecule has 1 heterocycles. The Bertz CT molecular complexity index is 883. The molecule has 2 aromatic carbocycles. The number of aromatic nitrogens is 1. The third kappa shape index (κ3) is 6.56. The first-order chi connectivity index (χ1) is 13.3. The van der Waals surface area contributed by atoms with E-state index in [9.17, 15) is 22.8 Å². The summed E-state index contributed by atoms with van der Waals surface area (Å²) in [7, 11) is 0. The van der Waals surface area contributed by atoms with Gasteiger partial charge in [-0.25, -0.2) is 0 Å². The summed E-state index contributed by atoms with van der Waals surface area (Å²) in [6.07, 6.45) is -1.28. The first-order valence-corrected chi connectivity index (χ1v) is 7.91. The van der Waals surface area contributed by atoms with Crippen molar-refractivity contribution < 1.29 is 27.5 Å². The maximum atomic E-state index is 12.1. The van der Waals surface area contributed by atoms with Crippen LogP contribution < -0.4 is 10.5 Å². The van der Waals surface area contributed by atoms with Crippen molar-refractivity contribution in [3.8, 4) is 5.75 Å². The average molecular weight is 388 g/mol. The third-order valence-corrected chi connectivity index (χ3v) is 3.35. The van der Waals surface area contributed by atoms with Crippen LogP contribution in [0.1, 0.15) is 26.3 Å². The lowest BCUT2D eigenvalue weighted by atomic mass is 10.0. The van der Waals surface area contributed by atoms with Gasteiger partial charge in [-0.05, 0) is 48.5 Å². The van der Waals surface area contributed by atoms with Gasteiger partial charge in [0.2, 0.25) is 5.91 Å². The molecule has 144 valence electrons. The van der Waals surface area contributed by atoms with Crippen molar-refractivity contribution in [2.45, 2.75) is 6.36 Å². The van der Waals surface area contributed by atoms with E-state index in [0.29, 0.717) is 0 Å². The third-order valence-electron chi connectivity index (χ3n) is 3.35. The SMILES string of the molecule is NC(=O)c1ccc(C(=O)c2ccc(OC(F)(F)F)cc2)cc1.c1ccncc1. The highest BCUT2D eigenvalue weighted by atomic mass is 19.4. The van der Waals surface area contributed by atoms with Crippen molar-refractivity contribution in [1.82, 2.24) is 4.98 Å². The molecule has 8 heteroatoms. The summed E-state index contributed by atoms with van der Waals surface area (Å²) in [5, 5.41) is 0. The lowest BCUT2D eigenvalue weighted by Gasteiger charge is -2.09. The van der Waals surface area contributed by atoms with E-state index in [1.807, 2.05) is 18.2 Å². The number of hydrogen-bond donors (Lipinski definition) is 1. The van der Waals surface area contributed by atoms with Crippen LogP contribution in [0.25, 0.3) is 0 Å². The van der Waals surface area contributed by atoms with Gasteiger partial charge >= 0.3 is 6.36 Å². The monoisotopic (exact) mass is 388 g/mol. The Morgan fingerprint density at radius 3 is 1.61 bits per heavy atom. The molecule has 0 aliphatic rings. The van der Waals surface area contributed by atoms with E-state index in [4.69, 9.17) is 5.73 Å². The second kappa shape index (κ2) is 9.31. The van der Waals surface area contributed by atoms with Gasteiger partial charge in [0.25, 0.3) is 0 Å². The fourth-order valence-electron chi connectivity index (χ4n) is 2.07. The molecule has 0 aliphatic carbocycles. The molecule has 0 fully saturated rings. The summed E-state index contributed by atoms with van der Waals surface area (Å²) in [6, 6.07) is 15.9. The molecule has 28 heavy (non-hydrogen) atoms. The molecule has 0 spiro atoms. The zero-order valence-electron chi connectivity index (χ0n) is 14.4. The molecule has 3 aromatic rings. The molecule has 0 unspecified atom stereocenters. The molecule has 0 aliphatic heterocycles. The van der Waals surface area contributed by atoms with Crippen molar-refractivity contribution in [2.24, 2.45) is 5.73 Å². The summed E-state index contributed by atoms with van der Waals surface area (Å²) in [6.45, 7) is 0. The quantitative estimate of drug-likeness (QED) is 0.685. The number of benzene rings is 2. The minimum atomic E-state index is -4.78. The van der Waals surface area contributed by atoms with E-state index in [1.165, 1.54) is 36.4 Å². The first-order valence-electron chi connectivity index (χ1n) is 7.91. The van der Waals surface area contributed by atoms with Crippen LogP contribution >= 0.6 is 0 Å². The topological polar surface area (TPSA) is 82.3 Å². The summed E-state index contributed by atoms with van der Waals surface area (Å²) in [4.78, 5) is 26.9. The highest BCUT2D eigenvalue weighted by Crippen LogP contribution is 2.23. The number of rotatable bonds is 4. The van der Waals surface area contributed by atoms with Gasteiger partial charge in [0.1, 0.15) is 5.75 Å². The van der Waals surface area contributed by atoms with Crippen LogP contribution in [0.15, 0.2) is 79.1 Å². The lowest BCUT2D eigenvalue weighted by molar-refractivity contribution is -0.274. The highest BCUT2D eigenvalue weighted by molar-refractivity contribution is 6.09. The molecule has 0 saturated heterocycles. The number of carbonyl (C=O) groups is 2. The normalized spacial score (nSPS) is 10.4. The molecule has 0 atom stereocenters. The van der Waals surface area contributed by atoms with Crippen LogP contribution in [0.3, 0.4) is 0 Å². The molecule has 3 rings (SSSR count). The number of pyridine rings is 1. The summed E-state index contributed by atoms with van der Waals surface area (Å²) >= 11 is 0. The molecular formula is C20H15F3N2O3. The Hall–Kier alpha value is -3.68. The summed E-state index contributed by atoms with van der Waals surface area (Å²) < 4.78 is 39.8. The maximum Gasteiger partial charge on any atom is 0.573 e. The predicted octanol–water partition coefficient (Wildman–Crippen LogP) is 4.00. The molecule has 0 bridgehead atoms. The van der Waals surface area contributed by atoms with Crippen molar-refractivity contribution >= 4 is 11.7 Å². The number of primary amides is 1. The van der Waals surface area contributed by atoms with Gasteiger partial charge < -0.3 is 10.5 Å². The van der Waals surface area contributed by atoms with Gasteiger partial charge in [-0.2, -0.15) is 0 Å². The van der Waals surface area contributed by atoms with Crippen molar-refractivity contribution in [1.29, 1.82) is 0 Å². The number of halogens is 3. The molecular weight excluding hydrogens is 373 g/mol. The van der Waals surface area contributed by atoms with Gasteiger partial charge in [-0.1, -0.05) is 18.2 Å². The minimum absolute atomic E-state index is 0.196. The lowest BCUT2D eigenvalue weighted by Crippen LogP contribution is -2.17. The van der Waals surface area contributed by atoms with Crippen molar-refractivity contribution in [3.63, 3.8) is 0 Å². The van der Waals surface area contributed by atoms with Gasteiger partial charge in [-0.15, -0.1) is 13.2 Å². The fraction of sp³-hybridized carbons (Fsp3) is 0.0500. The van der Waals surface area contributed by atoms with Crippen LogP contribution in [0.5, 0.6) is 5.75 Å². The van der Waals surface area contributed by atoms with E-state index in [-0.39, 0.29) is 16.7 Å². The molecule has 1 aromatic heterocycles. The molecule has 0 radical (unpaired) electrons. The Kier molecular flexibility index (Phi) is 6.86. The van der Waals surface area contributed by atoms with Gasteiger partial charge in [0.15, 0.2) is 5.78 Å². The number of alkyl halides is 3. The smallest absolute Gasteiger partial charge is 0.406 e. The van der Waals surface area contributed by atoms with Crippen LogP contribution in [0.4, 0.5) is 13.2 Å². The van der Waals surface area contributed by atoms with Gasteiger partial charge in [0.05, 0.1) is 0 Å². The number of nitrogens with zero attached hydrogens (tertiary/aromatic N) is 1. The second-order valence-corrected chi connectivity index (χ2v) is 5.37. The van der Waals surface area contributed by atoms with E-state index in [1.54, 1.807) is 12.4 Å². The molecule has 5 nitrogen and oxygen atoms in total.